The number of carbonyl (C=O) groups is 1. The number of alkyl halides is 3. The standard InChI is InChI=1S/C8H15F3N2O/c1-6(12)7(14)13-5-3-2-4-8(9,10)11/h6H,2-5,12H2,1H3,(H,13,14)/t6-/m1/s1. The quantitative estimate of drug-likeness (QED) is 0.672. The molecule has 0 aliphatic heterocycles. The fourth-order valence-electron chi connectivity index (χ4n) is 0.823. The molecule has 84 valence electrons. The molecule has 0 radical (unpaired) electrons. The summed E-state index contributed by atoms with van der Waals surface area (Å²) in [5.41, 5.74) is 5.23. The fourth-order valence-corrected chi connectivity index (χ4v) is 0.823. The molecular weight excluding hydrogens is 197 g/mol. The molecule has 0 aromatic carbocycles. The van der Waals surface area contributed by atoms with Crippen molar-refractivity contribution in [1.82, 2.24) is 5.32 Å². The van der Waals surface area contributed by atoms with Gasteiger partial charge in [0, 0.05) is 13.0 Å². The van der Waals surface area contributed by atoms with E-state index < -0.39 is 18.6 Å². The minimum atomic E-state index is -4.11. The molecule has 3 N–H and O–H groups in total. The van der Waals surface area contributed by atoms with Crippen molar-refractivity contribution < 1.29 is 18.0 Å². The van der Waals surface area contributed by atoms with Gasteiger partial charge in [-0.05, 0) is 19.8 Å². The van der Waals surface area contributed by atoms with E-state index in [2.05, 4.69) is 5.32 Å². The monoisotopic (exact) mass is 212 g/mol. The normalized spacial score (nSPS) is 13.8. The number of unbranched alkanes of at least 4 members (excludes halogenated alkanes) is 1. The largest absolute Gasteiger partial charge is 0.389 e. The molecule has 1 amide bonds. The molecule has 0 saturated heterocycles. The Morgan fingerprint density at radius 3 is 2.43 bits per heavy atom. The molecular formula is C8H15F3N2O. The van der Waals surface area contributed by atoms with Crippen molar-refractivity contribution in [2.75, 3.05) is 6.54 Å². The lowest BCUT2D eigenvalue weighted by Crippen LogP contribution is -2.38. The van der Waals surface area contributed by atoms with Crippen LogP contribution in [0.3, 0.4) is 0 Å². The second-order valence-corrected chi connectivity index (χ2v) is 3.15. The van der Waals surface area contributed by atoms with E-state index in [-0.39, 0.29) is 18.9 Å². The Labute approximate surface area is 80.8 Å². The predicted molar refractivity (Wildman–Crippen MR) is 46.6 cm³/mol. The molecule has 0 rings (SSSR count). The molecule has 0 spiro atoms. The third-order valence-corrected chi connectivity index (χ3v) is 1.60. The van der Waals surface area contributed by atoms with Gasteiger partial charge in [0.25, 0.3) is 0 Å². The molecule has 6 heteroatoms. The van der Waals surface area contributed by atoms with Crippen molar-refractivity contribution in [2.24, 2.45) is 5.73 Å². The number of rotatable bonds is 5. The molecule has 14 heavy (non-hydrogen) atoms. The number of hydrogen-bond acceptors (Lipinski definition) is 2. The Kier molecular flexibility index (Phi) is 5.52. The first-order valence-electron chi connectivity index (χ1n) is 4.43. The van der Waals surface area contributed by atoms with Gasteiger partial charge in [0.1, 0.15) is 0 Å². The molecule has 0 aromatic rings. The van der Waals surface area contributed by atoms with Gasteiger partial charge in [-0.3, -0.25) is 4.79 Å². The zero-order valence-electron chi connectivity index (χ0n) is 8.03. The van der Waals surface area contributed by atoms with Crippen molar-refractivity contribution in [3.05, 3.63) is 0 Å². The average molecular weight is 212 g/mol. The van der Waals surface area contributed by atoms with Gasteiger partial charge >= 0.3 is 6.18 Å². The number of nitrogens with two attached hydrogens (primary N) is 1. The fraction of sp³-hybridized carbons (Fsp3) is 0.875. The lowest BCUT2D eigenvalue weighted by molar-refractivity contribution is -0.135. The van der Waals surface area contributed by atoms with Crippen LogP contribution in [0.4, 0.5) is 13.2 Å². The van der Waals surface area contributed by atoms with E-state index in [4.69, 9.17) is 5.73 Å². The Hall–Kier alpha value is -0.780. The smallest absolute Gasteiger partial charge is 0.355 e. The van der Waals surface area contributed by atoms with E-state index in [0.717, 1.165) is 0 Å². The van der Waals surface area contributed by atoms with Crippen LogP contribution in [0.25, 0.3) is 0 Å². The second-order valence-electron chi connectivity index (χ2n) is 3.15. The molecule has 0 heterocycles. The highest BCUT2D eigenvalue weighted by Gasteiger charge is 2.25. The second kappa shape index (κ2) is 5.85. The summed E-state index contributed by atoms with van der Waals surface area (Å²) in [7, 11) is 0. The highest BCUT2D eigenvalue weighted by molar-refractivity contribution is 5.80. The van der Waals surface area contributed by atoms with E-state index in [1.54, 1.807) is 0 Å². The van der Waals surface area contributed by atoms with Gasteiger partial charge in [0.15, 0.2) is 0 Å². The Morgan fingerprint density at radius 1 is 1.43 bits per heavy atom. The summed E-state index contributed by atoms with van der Waals surface area (Å²) in [6.45, 7) is 1.77. The van der Waals surface area contributed by atoms with Gasteiger partial charge in [-0.1, -0.05) is 0 Å². The Bertz CT molecular complexity index is 180. The maximum atomic E-state index is 11.7. The van der Waals surface area contributed by atoms with E-state index >= 15 is 0 Å². The van der Waals surface area contributed by atoms with Gasteiger partial charge < -0.3 is 11.1 Å². The Morgan fingerprint density at radius 2 is 2.00 bits per heavy atom. The molecule has 0 aliphatic rings. The van der Waals surface area contributed by atoms with Gasteiger partial charge in [0.05, 0.1) is 6.04 Å². The number of carbonyl (C=O) groups excluding carboxylic acids is 1. The van der Waals surface area contributed by atoms with Crippen LogP contribution in [-0.4, -0.2) is 24.7 Å². The third-order valence-electron chi connectivity index (χ3n) is 1.60. The highest BCUT2D eigenvalue weighted by atomic mass is 19.4. The Balaban J connectivity index is 3.35. The molecule has 3 nitrogen and oxygen atoms in total. The van der Waals surface area contributed by atoms with Crippen LogP contribution in [0.5, 0.6) is 0 Å². The maximum Gasteiger partial charge on any atom is 0.389 e. The number of hydrogen-bond donors (Lipinski definition) is 2. The third kappa shape index (κ3) is 7.85. The van der Waals surface area contributed by atoms with Crippen LogP contribution < -0.4 is 11.1 Å². The summed E-state index contributed by atoms with van der Waals surface area (Å²) in [5.74, 6) is -0.336. The molecule has 0 bridgehead atoms. The van der Waals surface area contributed by atoms with E-state index in [1.807, 2.05) is 0 Å². The van der Waals surface area contributed by atoms with E-state index in [0.29, 0.717) is 6.42 Å². The molecule has 0 aromatic heterocycles. The van der Waals surface area contributed by atoms with Crippen molar-refractivity contribution in [3.8, 4) is 0 Å². The van der Waals surface area contributed by atoms with Crippen LogP contribution in [0.15, 0.2) is 0 Å². The van der Waals surface area contributed by atoms with Gasteiger partial charge in [0.2, 0.25) is 5.91 Å². The van der Waals surface area contributed by atoms with Crippen molar-refractivity contribution >= 4 is 5.91 Å². The minimum Gasteiger partial charge on any atom is -0.355 e. The first-order chi connectivity index (χ1) is 6.33. The predicted octanol–water partition coefficient (Wildman–Crippen LogP) is 1.18. The van der Waals surface area contributed by atoms with Gasteiger partial charge in [-0.25, -0.2) is 0 Å². The molecule has 1 atom stereocenters. The topological polar surface area (TPSA) is 55.1 Å². The van der Waals surface area contributed by atoms with Gasteiger partial charge in [-0.15, -0.1) is 0 Å². The van der Waals surface area contributed by atoms with Crippen molar-refractivity contribution in [3.63, 3.8) is 0 Å². The average Bonchev–Trinajstić information content (AvgIpc) is 2.01. The SMILES string of the molecule is C[C@@H](N)C(=O)NCCCCC(F)(F)F. The van der Waals surface area contributed by atoms with Crippen LogP contribution in [0.1, 0.15) is 26.2 Å². The summed E-state index contributed by atoms with van der Waals surface area (Å²) in [6.07, 6.45) is -4.56. The molecule has 0 fully saturated rings. The number of amides is 1. The number of halogens is 3. The first-order valence-corrected chi connectivity index (χ1v) is 4.43. The molecule has 0 aliphatic carbocycles. The van der Waals surface area contributed by atoms with E-state index in [1.165, 1.54) is 6.92 Å². The minimum absolute atomic E-state index is 0.0305. The first kappa shape index (κ1) is 13.2. The van der Waals surface area contributed by atoms with E-state index in [9.17, 15) is 18.0 Å². The zero-order chi connectivity index (χ0) is 11.2. The molecule has 0 saturated carbocycles. The number of nitrogens with one attached hydrogen (secondary N) is 1. The molecule has 0 unspecified atom stereocenters. The maximum absolute atomic E-state index is 11.7. The van der Waals surface area contributed by atoms with Crippen molar-refractivity contribution in [2.45, 2.75) is 38.4 Å². The van der Waals surface area contributed by atoms with Gasteiger partial charge in [-0.2, -0.15) is 13.2 Å². The summed E-state index contributed by atoms with van der Waals surface area (Å²) in [4.78, 5) is 10.8. The van der Waals surface area contributed by atoms with Crippen LogP contribution in [0, 0.1) is 0 Å². The lowest BCUT2D eigenvalue weighted by atomic mass is 10.2. The zero-order valence-corrected chi connectivity index (χ0v) is 8.03. The lowest BCUT2D eigenvalue weighted by Gasteiger charge is -2.08. The summed E-state index contributed by atoms with van der Waals surface area (Å²) >= 11 is 0. The van der Waals surface area contributed by atoms with Crippen LogP contribution in [0.2, 0.25) is 0 Å². The van der Waals surface area contributed by atoms with Crippen LogP contribution in [-0.2, 0) is 4.79 Å². The summed E-state index contributed by atoms with van der Waals surface area (Å²) in [6, 6.07) is -0.613. The van der Waals surface area contributed by atoms with Crippen molar-refractivity contribution in [1.29, 1.82) is 0 Å². The highest BCUT2D eigenvalue weighted by Crippen LogP contribution is 2.21. The summed E-state index contributed by atoms with van der Waals surface area (Å²) in [5, 5.41) is 2.44. The van der Waals surface area contributed by atoms with Crippen LogP contribution >= 0.6 is 0 Å². The summed E-state index contributed by atoms with van der Waals surface area (Å²) < 4.78 is 35.0.